The maximum atomic E-state index is 12.1. The second kappa shape index (κ2) is 7.99. The maximum absolute atomic E-state index is 12.1. The fourth-order valence-corrected chi connectivity index (χ4v) is 2.23. The molecular formula is C16H24BN2O3. The molecule has 0 bridgehead atoms. The normalized spacial score (nSPS) is 12.5. The van der Waals surface area contributed by atoms with Crippen LogP contribution in [0.25, 0.3) is 0 Å². The highest BCUT2D eigenvalue weighted by Gasteiger charge is 2.22. The Hall–Kier alpha value is -1.82. The molecule has 0 heterocycles. The molecule has 22 heavy (non-hydrogen) atoms. The number of anilines is 1. The second-order valence-corrected chi connectivity index (χ2v) is 6.31. The van der Waals surface area contributed by atoms with Crippen molar-refractivity contribution >= 4 is 25.3 Å². The molecule has 1 rings (SSSR count). The molecule has 0 aliphatic rings. The van der Waals surface area contributed by atoms with Gasteiger partial charge in [-0.3, -0.25) is 4.79 Å². The van der Waals surface area contributed by atoms with E-state index in [1.165, 1.54) is 7.41 Å². The van der Waals surface area contributed by atoms with Gasteiger partial charge >= 0.3 is 5.97 Å². The number of ether oxygens (including phenoxy) is 1. The Morgan fingerprint density at radius 2 is 2.14 bits per heavy atom. The first-order valence-corrected chi connectivity index (χ1v) is 7.31. The molecule has 0 fully saturated rings. The monoisotopic (exact) mass is 303 g/mol. The fourth-order valence-electron chi connectivity index (χ4n) is 2.23. The Balaban J connectivity index is 2.90. The first-order chi connectivity index (χ1) is 10.2. The summed E-state index contributed by atoms with van der Waals surface area (Å²) in [6.45, 7) is 7.95. The van der Waals surface area contributed by atoms with Gasteiger partial charge in [-0.05, 0) is 57.5 Å². The van der Waals surface area contributed by atoms with Crippen molar-refractivity contribution in [2.24, 2.45) is 0 Å². The van der Waals surface area contributed by atoms with Gasteiger partial charge in [0.15, 0.2) is 0 Å². The zero-order valence-electron chi connectivity index (χ0n) is 13.7. The lowest BCUT2D eigenvalue weighted by molar-refractivity contribution is -0.155. The van der Waals surface area contributed by atoms with Crippen LogP contribution in [0.15, 0.2) is 18.2 Å². The summed E-state index contributed by atoms with van der Waals surface area (Å²) < 4.78 is 5.39. The minimum atomic E-state index is -0.519. The van der Waals surface area contributed by atoms with Gasteiger partial charge in [0.05, 0.1) is 12.6 Å². The van der Waals surface area contributed by atoms with Gasteiger partial charge < -0.3 is 20.5 Å². The summed E-state index contributed by atoms with van der Waals surface area (Å²) in [5, 5.41) is 2.91. The predicted molar refractivity (Wildman–Crippen MR) is 89.3 cm³/mol. The van der Waals surface area contributed by atoms with Gasteiger partial charge in [0.2, 0.25) is 0 Å². The first-order valence-electron chi connectivity index (χ1n) is 7.31. The molecule has 0 spiro atoms. The highest BCUT2D eigenvalue weighted by molar-refractivity contribution is 6.64. The topological polar surface area (TPSA) is 81.4 Å². The third-order valence-electron chi connectivity index (χ3n) is 3.13. The molecule has 1 radical (unpaired) electrons. The molecule has 0 aliphatic heterocycles. The number of esters is 1. The molecule has 3 N–H and O–H groups in total. The van der Waals surface area contributed by atoms with Crippen molar-refractivity contribution in [2.45, 2.75) is 45.6 Å². The Morgan fingerprint density at radius 3 is 2.73 bits per heavy atom. The lowest BCUT2D eigenvalue weighted by Gasteiger charge is -2.23. The lowest BCUT2D eigenvalue weighted by atomic mass is 9.89. The number of nitrogens with one attached hydrogen (secondary N) is 1. The number of hydrogen-bond acceptors (Lipinski definition) is 5. The van der Waals surface area contributed by atoms with E-state index < -0.39 is 5.60 Å². The van der Waals surface area contributed by atoms with Crippen LogP contribution in [0, 0.1) is 6.92 Å². The van der Waals surface area contributed by atoms with Crippen LogP contribution in [0.3, 0.4) is 0 Å². The van der Waals surface area contributed by atoms with Crippen LogP contribution in [0.2, 0.25) is 0 Å². The summed E-state index contributed by atoms with van der Waals surface area (Å²) in [6, 6.07) is 5.62. The van der Waals surface area contributed by atoms with E-state index in [1.807, 2.05) is 45.9 Å². The van der Waals surface area contributed by atoms with Crippen LogP contribution in [0.4, 0.5) is 5.69 Å². The standard InChI is InChI=1S/C16H24BN2O3/c1-11-5-6-13(18)8-14(11)12(9-19-17-10-20)7-15(21)22-16(2,3)4/h5-6,8,10,12,19H,7,9,18H2,1-4H3. The second-order valence-electron chi connectivity index (χ2n) is 6.31. The highest BCUT2D eigenvalue weighted by Crippen LogP contribution is 2.26. The van der Waals surface area contributed by atoms with Gasteiger partial charge in [0.1, 0.15) is 5.60 Å². The van der Waals surface area contributed by atoms with Crippen LogP contribution >= 0.6 is 0 Å². The molecular weight excluding hydrogens is 279 g/mol. The van der Waals surface area contributed by atoms with Gasteiger partial charge in [0, 0.05) is 11.6 Å². The Bertz CT molecular complexity index is 527. The van der Waals surface area contributed by atoms with Crippen LogP contribution in [0.1, 0.15) is 44.2 Å². The number of rotatable bonds is 7. The number of carbonyl (C=O) groups is 2. The number of benzene rings is 1. The lowest BCUT2D eigenvalue weighted by Crippen LogP contribution is -2.30. The van der Waals surface area contributed by atoms with Crippen LogP contribution in [-0.2, 0) is 14.3 Å². The number of aryl methyl sites for hydroxylation is 1. The molecule has 0 amide bonds. The molecule has 0 saturated carbocycles. The van der Waals surface area contributed by atoms with Crippen molar-refractivity contribution in [1.82, 2.24) is 5.23 Å². The molecule has 0 saturated heterocycles. The van der Waals surface area contributed by atoms with Gasteiger partial charge in [-0.1, -0.05) is 6.07 Å². The van der Waals surface area contributed by atoms with E-state index in [0.717, 1.165) is 11.1 Å². The molecule has 1 atom stereocenters. The minimum absolute atomic E-state index is 0.116. The SMILES string of the molecule is Cc1ccc(N)cc1C(CN[B]C=O)CC(=O)OC(C)(C)C. The van der Waals surface area contributed by atoms with E-state index in [4.69, 9.17) is 10.5 Å². The zero-order chi connectivity index (χ0) is 16.8. The van der Waals surface area contributed by atoms with Gasteiger partial charge in [-0.25, -0.2) is 0 Å². The number of nitrogen functional groups attached to an aromatic ring is 1. The molecule has 119 valence electrons. The summed E-state index contributed by atoms with van der Waals surface area (Å²) >= 11 is 0. The molecule has 1 unspecified atom stereocenters. The molecule has 0 aliphatic carbocycles. The summed E-state index contributed by atoms with van der Waals surface area (Å²) in [5.74, 6) is -0.387. The summed E-state index contributed by atoms with van der Waals surface area (Å²) in [7, 11) is 1.32. The summed E-state index contributed by atoms with van der Waals surface area (Å²) in [6.07, 6.45) is 0.901. The summed E-state index contributed by atoms with van der Waals surface area (Å²) in [5.41, 5.74) is 8.02. The van der Waals surface area contributed by atoms with Crippen molar-refractivity contribution in [3.8, 4) is 0 Å². The molecule has 0 aromatic heterocycles. The van der Waals surface area contributed by atoms with Crippen molar-refractivity contribution in [1.29, 1.82) is 0 Å². The van der Waals surface area contributed by atoms with E-state index in [2.05, 4.69) is 5.23 Å². The number of nitrogens with two attached hydrogens (primary N) is 1. The van der Waals surface area contributed by atoms with Crippen LogP contribution < -0.4 is 11.0 Å². The van der Waals surface area contributed by atoms with E-state index in [9.17, 15) is 9.59 Å². The zero-order valence-corrected chi connectivity index (χ0v) is 13.7. The number of carbonyl (C=O) groups excluding carboxylic acids is 2. The van der Waals surface area contributed by atoms with Crippen molar-refractivity contribution < 1.29 is 14.3 Å². The van der Waals surface area contributed by atoms with E-state index in [1.54, 1.807) is 0 Å². The van der Waals surface area contributed by atoms with E-state index in [-0.39, 0.29) is 18.3 Å². The Kier molecular flexibility index (Phi) is 6.62. The smallest absolute Gasteiger partial charge is 0.306 e. The molecule has 5 nitrogen and oxygen atoms in total. The third-order valence-corrected chi connectivity index (χ3v) is 3.13. The van der Waals surface area contributed by atoms with E-state index in [0.29, 0.717) is 18.4 Å². The summed E-state index contributed by atoms with van der Waals surface area (Å²) in [4.78, 5) is 22.5. The predicted octanol–water partition coefficient (Wildman–Crippen LogP) is 1.79. The van der Waals surface area contributed by atoms with Crippen LogP contribution in [-0.4, -0.2) is 31.7 Å². The van der Waals surface area contributed by atoms with Gasteiger partial charge in [-0.15, -0.1) is 0 Å². The van der Waals surface area contributed by atoms with E-state index >= 15 is 0 Å². The van der Waals surface area contributed by atoms with Crippen molar-refractivity contribution in [3.05, 3.63) is 29.3 Å². The largest absolute Gasteiger partial charge is 0.460 e. The van der Waals surface area contributed by atoms with Gasteiger partial charge in [-0.2, -0.15) is 0 Å². The highest BCUT2D eigenvalue weighted by atomic mass is 16.6. The number of hydrogen-bond donors (Lipinski definition) is 2. The molecule has 1 aromatic carbocycles. The minimum Gasteiger partial charge on any atom is -0.460 e. The average molecular weight is 303 g/mol. The fraction of sp³-hybridized carbons (Fsp3) is 0.500. The average Bonchev–Trinajstić information content (AvgIpc) is 2.38. The van der Waals surface area contributed by atoms with Gasteiger partial charge in [0.25, 0.3) is 7.41 Å². The molecule has 1 aromatic rings. The third kappa shape index (κ3) is 6.31. The van der Waals surface area contributed by atoms with Crippen molar-refractivity contribution in [2.75, 3.05) is 12.3 Å². The molecule has 6 heteroatoms. The first kappa shape index (κ1) is 18.2. The Labute approximate surface area is 132 Å². The Morgan fingerprint density at radius 1 is 1.45 bits per heavy atom. The quantitative estimate of drug-likeness (QED) is 0.264. The maximum Gasteiger partial charge on any atom is 0.306 e. The van der Waals surface area contributed by atoms with Crippen LogP contribution in [0.5, 0.6) is 0 Å². The van der Waals surface area contributed by atoms with Crippen molar-refractivity contribution in [3.63, 3.8) is 0 Å².